The Morgan fingerprint density at radius 2 is 1.91 bits per heavy atom. The van der Waals surface area contributed by atoms with Crippen LogP contribution in [0.25, 0.3) is 22.5 Å². The van der Waals surface area contributed by atoms with Crippen LogP contribution >= 0.6 is 0 Å². The smallest absolute Gasteiger partial charge is 0.395 e. The number of hydrogen-bond donors (Lipinski definition) is 0. The zero-order valence-electron chi connectivity index (χ0n) is 12.7. The lowest BCUT2D eigenvalue weighted by atomic mass is 10.6. The van der Waals surface area contributed by atoms with E-state index in [0.29, 0.717) is 6.08 Å². The van der Waals surface area contributed by atoms with Gasteiger partial charge in [-0.15, -0.1) is 0 Å². The molecular weight excluding hydrogens is 288 g/mol. The van der Waals surface area contributed by atoms with Crippen LogP contribution in [0.2, 0.25) is 0 Å². The molecule has 0 radical (unpaired) electrons. The number of rotatable bonds is 2. The Labute approximate surface area is 125 Å². The number of nitrogens with zero attached hydrogens (tertiary/aromatic N) is 4. The molecule has 22 heavy (non-hydrogen) atoms. The summed E-state index contributed by atoms with van der Waals surface area (Å²) in [6, 6.07) is 3.66. The molecule has 0 bridgehead atoms. The van der Waals surface area contributed by atoms with Crippen molar-refractivity contribution in [1.29, 1.82) is 0 Å². The highest BCUT2D eigenvalue weighted by atomic mass is 16.6. The van der Waals surface area contributed by atoms with Crippen molar-refractivity contribution >= 4 is 22.5 Å². The summed E-state index contributed by atoms with van der Waals surface area (Å²) in [4.78, 5) is 8.07. The van der Waals surface area contributed by atoms with Crippen molar-refractivity contribution < 1.29 is 18.3 Å². The molecule has 4 aromatic heterocycles. The number of aromatic nitrogens is 4. The van der Waals surface area contributed by atoms with Gasteiger partial charge in [0.25, 0.3) is 0 Å². The largest absolute Gasteiger partial charge is 0.482 e. The average molecular weight is 304 g/mol. The minimum Gasteiger partial charge on any atom is -0.482 e. The highest BCUT2D eigenvalue weighted by Gasteiger charge is 2.08. The van der Waals surface area contributed by atoms with Gasteiger partial charge in [0, 0.05) is 32.4 Å². The summed E-state index contributed by atoms with van der Waals surface area (Å²) in [6.07, 6.45) is 3.62. The van der Waals surface area contributed by atoms with Crippen LogP contribution in [0.1, 0.15) is 0 Å². The standard InChI is InChI=1S/2C7H8N2O2/c1-9-6(10-2)3-5-7(9)8-4-11-5;1-9-4-3-5-6(9)8-7(10-2)11-5/h2*3-4H,1-2H3. The van der Waals surface area contributed by atoms with Crippen LogP contribution in [0, 0.1) is 0 Å². The van der Waals surface area contributed by atoms with Gasteiger partial charge in [-0.2, -0.15) is 9.97 Å². The fourth-order valence-electron chi connectivity index (χ4n) is 2.11. The molecule has 0 aliphatic carbocycles. The van der Waals surface area contributed by atoms with Gasteiger partial charge in [-0.25, -0.2) is 0 Å². The summed E-state index contributed by atoms with van der Waals surface area (Å²) in [7, 11) is 6.94. The molecule has 0 aliphatic rings. The van der Waals surface area contributed by atoms with E-state index in [0.717, 1.165) is 28.3 Å². The Kier molecular flexibility index (Phi) is 3.50. The molecule has 8 heteroatoms. The Balaban J connectivity index is 0.000000131. The minimum atomic E-state index is 0.311. The normalized spacial score (nSPS) is 10.7. The van der Waals surface area contributed by atoms with E-state index in [-0.39, 0.29) is 0 Å². The summed E-state index contributed by atoms with van der Waals surface area (Å²) < 4.78 is 23.8. The molecule has 4 rings (SSSR count). The Bertz CT molecular complexity index is 898. The molecule has 0 unspecified atom stereocenters. The first kappa shape index (κ1) is 14.1. The highest BCUT2D eigenvalue weighted by Crippen LogP contribution is 2.22. The fourth-order valence-corrected chi connectivity index (χ4v) is 2.11. The maximum absolute atomic E-state index is 5.18. The first-order chi connectivity index (χ1) is 10.6. The molecule has 4 heterocycles. The third-order valence-electron chi connectivity index (χ3n) is 3.26. The number of ether oxygens (including phenoxy) is 2. The van der Waals surface area contributed by atoms with Gasteiger partial charge in [0.1, 0.15) is 0 Å². The number of oxazole rings is 2. The van der Waals surface area contributed by atoms with Crippen molar-refractivity contribution in [3.63, 3.8) is 0 Å². The Morgan fingerprint density at radius 1 is 1.09 bits per heavy atom. The molecular formula is C14H16N4O4. The third-order valence-corrected chi connectivity index (χ3v) is 3.26. The fraction of sp³-hybridized carbons (Fsp3) is 0.286. The maximum atomic E-state index is 5.18. The third kappa shape index (κ3) is 2.28. The van der Waals surface area contributed by atoms with Gasteiger partial charge in [0.15, 0.2) is 34.7 Å². The molecule has 0 atom stereocenters. The number of hydrogen-bond acceptors (Lipinski definition) is 6. The number of fused-ring (bicyclic) bond motifs is 2. The molecule has 8 nitrogen and oxygen atoms in total. The second-order valence-corrected chi connectivity index (χ2v) is 4.58. The molecule has 0 saturated carbocycles. The van der Waals surface area contributed by atoms with E-state index in [4.69, 9.17) is 18.3 Å². The van der Waals surface area contributed by atoms with Crippen LogP contribution in [0.5, 0.6) is 12.0 Å². The summed E-state index contributed by atoms with van der Waals surface area (Å²) in [6.45, 7) is 0. The van der Waals surface area contributed by atoms with Gasteiger partial charge in [-0.3, -0.25) is 4.57 Å². The average Bonchev–Trinajstić information content (AvgIpc) is 3.25. The van der Waals surface area contributed by atoms with E-state index in [1.54, 1.807) is 7.11 Å². The van der Waals surface area contributed by atoms with Crippen molar-refractivity contribution in [3.8, 4) is 12.0 Å². The molecule has 0 N–H and O–H groups in total. The second kappa shape index (κ2) is 5.47. The number of aryl methyl sites for hydroxylation is 2. The van der Waals surface area contributed by atoms with Crippen molar-refractivity contribution in [2.75, 3.05) is 14.2 Å². The lowest BCUT2D eigenvalue weighted by molar-refractivity contribution is 0.299. The molecule has 0 aliphatic heterocycles. The zero-order valence-corrected chi connectivity index (χ0v) is 12.7. The second-order valence-electron chi connectivity index (χ2n) is 4.58. The first-order valence-corrected chi connectivity index (χ1v) is 6.52. The van der Waals surface area contributed by atoms with Crippen LogP contribution in [-0.4, -0.2) is 33.3 Å². The lowest BCUT2D eigenvalue weighted by Crippen LogP contribution is -1.92. The van der Waals surface area contributed by atoms with Crippen LogP contribution in [0.3, 0.4) is 0 Å². The predicted octanol–water partition coefficient (Wildman–Crippen LogP) is 2.35. The zero-order chi connectivity index (χ0) is 15.7. The van der Waals surface area contributed by atoms with Crippen molar-refractivity contribution in [2.24, 2.45) is 14.1 Å². The van der Waals surface area contributed by atoms with Crippen molar-refractivity contribution in [1.82, 2.24) is 19.1 Å². The van der Waals surface area contributed by atoms with Gasteiger partial charge >= 0.3 is 6.08 Å². The Morgan fingerprint density at radius 3 is 2.55 bits per heavy atom. The van der Waals surface area contributed by atoms with E-state index < -0.39 is 0 Å². The van der Waals surface area contributed by atoms with Gasteiger partial charge in [0.2, 0.25) is 0 Å². The van der Waals surface area contributed by atoms with Gasteiger partial charge in [0.05, 0.1) is 14.2 Å². The predicted molar refractivity (Wildman–Crippen MR) is 79.1 cm³/mol. The van der Waals surface area contributed by atoms with Crippen LogP contribution in [-0.2, 0) is 14.1 Å². The van der Waals surface area contributed by atoms with Crippen LogP contribution in [0.15, 0.2) is 33.6 Å². The van der Waals surface area contributed by atoms with E-state index in [2.05, 4.69) is 9.97 Å². The van der Waals surface area contributed by atoms with Crippen molar-refractivity contribution in [3.05, 3.63) is 24.7 Å². The van der Waals surface area contributed by atoms with Crippen LogP contribution < -0.4 is 9.47 Å². The van der Waals surface area contributed by atoms with Crippen molar-refractivity contribution in [2.45, 2.75) is 0 Å². The maximum Gasteiger partial charge on any atom is 0.395 e. The highest BCUT2D eigenvalue weighted by molar-refractivity contribution is 5.71. The molecule has 4 aromatic rings. The Hall–Kier alpha value is -2.90. The van der Waals surface area contributed by atoms with E-state index >= 15 is 0 Å². The molecule has 116 valence electrons. The van der Waals surface area contributed by atoms with E-state index in [1.807, 2.05) is 41.6 Å². The molecule has 0 fully saturated rings. The molecule has 0 saturated heterocycles. The molecule has 0 amide bonds. The summed E-state index contributed by atoms with van der Waals surface area (Å²) in [5, 5.41) is 0. The van der Waals surface area contributed by atoms with E-state index in [1.165, 1.54) is 13.5 Å². The van der Waals surface area contributed by atoms with E-state index in [9.17, 15) is 0 Å². The minimum absolute atomic E-state index is 0.311. The van der Waals surface area contributed by atoms with Gasteiger partial charge in [-0.1, -0.05) is 0 Å². The summed E-state index contributed by atoms with van der Waals surface area (Å²) in [5.41, 5.74) is 3.12. The lowest BCUT2D eigenvalue weighted by Gasteiger charge is -1.98. The van der Waals surface area contributed by atoms with Gasteiger partial charge < -0.3 is 22.9 Å². The van der Waals surface area contributed by atoms with Crippen LogP contribution in [0.4, 0.5) is 0 Å². The molecule has 0 aromatic carbocycles. The topological polar surface area (TPSA) is 80.4 Å². The monoisotopic (exact) mass is 304 g/mol. The van der Waals surface area contributed by atoms with Gasteiger partial charge in [-0.05, 0) is 0 Å². The molecule has 0 spiro atoms. The quantitative estimate of drug-likeness (QED) is 0.565. The first-order valence-electron chi connectivity index (χ1n) is 6.52. The summed E-state index contributed by atoms with van der Waals surface area (Å²) >= 11 is 0. The SMILES string of the molecule is COc1cc2ocnc2n1C.COc1nc2c(ccn2C)o1. The number of methoxy groups -OCH3 is 2. The summed E-state index contributed by atoms with van der Waals surface area (Å²) in [5.74, 6) is 0.756.